The van der Waals surface area contributed by atoms with E-state index in [0.29, 0.717) is 29.9 Å². The first-order valence-corrected chi connectivity index (χ1v) is 11.0. The van der Waals surface area contributed by atoms with Crippen molar-refractivity contribution >= 4 is 23.7 Å². The number of ether oxygens (including phenoxy) is 2. The standard InChI is InChI=1S/C21H28N4O3S/c1-5-12-28-16-10-8-15(9-11-16)18-17(19(26)27-7-3)14(4)22-20-23-21(24-25(18)20)29-13-6-2/h8-11,18H,5-7,12-13H2,1-4H3,(H,22,23,24)/t18-/m0/s1. The lowest BCUT2D eigenvalue weighted by atomic mass is 9.96. The summed E-state index contributed by atoms with van der Waals surface area (Å²) in [6, 6.07) is 7.38. The van der Waals surface area contributed by atoms with Gasteiger partial charge in [-0.1, -0.05) is 37.7 Å². The van der Waals surface area contributed by atoms with Crippen molar-refractivity contribution in [1.82, 2.24) is 14.8 Å². The summed E-state index contributed by atoms with van der Waals surface area (Å²) in [6.07, 6.45) is 1.99. The van der Waals surface area contributed by atoms with Crippen LogP contribution in [0.3, 0.4) is 0 Å². The van der Waals surface area contributed by atoms with E-state index in [9.17, 15) is 4.79 Å². The van der Waals surface area contributed by atoms with Crippen molar-refractivity contribution in [2.24, 2.45) is 0 Å². The molecule has 0 spiro atoms. The van der Waals surface area contributed by atoms with Crippen LogP contribution in [0, 0.1) is 0 Å². The summed E-state index contributed by atoms with van der Waals surface area (Å²) in [5.41, 5.74) is 2.20. The molecule has 1 aliphatic heterocycles. The third-order valence-electron chi connectivity index (χ3n) is 4.43. The van der Waals surface area contributed by atoms with Gasteiger partial charge in [0.2, 0.25) is 11.1 Å². The number of benzene rings is 1. The second-order valence-electron chi connectivity index (χ2n) is 6.72. The lowest BCUT2D eigenvalue weighted by Gasteiger charge is -2.28. The first-order chi connectivity index (χ1) is 14.1. The second kappa shape index (κ2) is 9.82. The van der Waals surface area contributed by atoms with E-state index < -0.39 is 6.04 Å². The topological polar surface area (TPSA) is 78.3 Å². The highest BCUT2D eigenvalue weighted by Gasteiger charge is 2.35. The van der Waals surface area contributed by atoms with Gasteiger partial charge in [0.05, 0.1) is 18.8 Å². The van der Waals surface area contributed by atoms with Crippen LogP contribution >= 0.6 is 11.8 Å². The van der Waals surface area contributed by atoms with Crippen molar-refractivity contribution in [3.05, 3.63) is 41.1 Å². The van der Waals surface area contributed by atoms with Gasteiger partial charge in [0, 0.05) is 11.4 Å². The monoisotopic (exact) mass is 416 g/mol. The van der Waals surface area contributed by atoms with Crippen molar-refractivity contribution < 1.29 is 14.3 Å². The van der Waals surface area contributed by atoms with Crippen LogP contribution in [0.2, 0.25) is 0 Å². The molecule has 0 bridgehead atoms. The van der Waals surface area contributed by atoms with Gasteiger partial charge in [-0.3, -0.25) is 0 Å². The zero-order valence-electron chi connectivity index (χ0n) is 17.4. The largest absolute Gasteiger partial charge is 0.494 e. The number of hydrogen-bond donors (Lipinski definition) is 1. The quantitative estimate of drug-likeness (QED) is 0.479. The number of nitrogens with zero attached hydrogens (tertiary/aromatic N) is 3. The predicted octanol–water partition coefficient (Wildman–Crippen LogP) is 4.42. The van der Waals surface area contributed by atoms with Gasteiger partial charge in [0.15, 0.2) is 0 Å². The zero-order chi connectivity index (χ0) is 20.8. The van der Waals surface area contributed by atoms with Gasteiger partial charge in [-0.25, -0.2) is 9.48 Å². The number of nitrogens with one attached hydrogen (secondary N) is 1. The molecule has 1 aliphatic rings. The fourth-order valence-corrected chi connectivity index (χ4v) is 3.82. The van der Waals surface area contributed by atoms with Gasteiger partial charge in [-0.05, 0) is 44.4 Å². The summed E-state index contributed by atoms with van der Waals surface area (Å²) in [5.74, 6) is 2.03. The number of carbonyl (C=O) groups is 1. The highest BCUT2D eigenvalue weighted by molar-refractivity contribution is 7.99. The van der Waals surface area contributed by atoms with Crippen molar-refractivity contribution in [3.63, 3.8) is 0 Å². The SMILES string of the molecule is CCCOc1ccc([C@H]2C(C(=O)OCC)=C(C)Nc3nc(SCCC)nn32)cc1. The average Bonchev–Trinajstić information content (AvgIpc) is 3.12. The van der Waals surface area contributed by atoms with Gasteiger partial charge in [-0.15, -0.1) is 5.10 Å². The molecule has 0 aliphatic carbocycles. The molecule has 1 aromatic carbocycles. The molecular formula is C21H28N4O3S. The van der Waals surface area contributed by atoms with Crippen LogP contribution in [-0.4, -0.2) is 39.7 Å². The van der Waals surface area contributed by atoms with E-state index in [1.807, 2.05) is 31.2 Å². The fourth-order valence-electron chi connectivity index (χ4n) is 3.13. The van der Waals surface area contributed by atoms with Crippen LogP contribution in [0.5, 0.6) is 5.75 Å². The summed E-state index contributed by atoms with van der Waals surface area (Å²) in [7, 11) is 0. The molecule has 0 radical (unpaired) electrons. The van der Waals surface area contributed by atoms with E-state index in [1.165, 1.54) is 0 Å². The number of esters is 1. The molecule has 156 valence electrons. The lowest BCUT2D eigenvalue weighted by Crippen LogP contribution is -2.29. The highest BCUT2D eigenvalue weighted by Crippen LogP contribution is 2.37. The zero-order valence-corrected chi connectivity index (χ0v) is 18.2. The van der Waals surface area contributed by atoms with E-state index in [-0.39, 0.29) is 5.97 Å². The Kier molecular flexibility index (Phi) is 7.19. The predicted molar refractivity (Wildman–Crippen MR) is 114 cm³/mol. The van der Waals surface area contributed by atoms with E-state index in [1.54, 1.807) is 23.4 Å². The minimum atomic E-state index is -0.408. The van der Waals surface area contributed by atoms with E-state index >= 15 is 0 Å². The van der Waals surface area contributed by atoms with Gasteiger partial charge in [0.25, 0.3) is 0 Å². The van der Waals surface area contributed by atoms with Crippen molar-refractivity contribution in [3.8, 4) is 5.75 Å². The number of aromatic nitrogens is 3. The number of anilines is 1. The van der Waals surface area contributed by atoms with E-state index in [4.69, 9.17) is 9.47 Å². The molecule has 0 saturated carbocycles. The Hall–Kier alpha value is -2.48. The molecule has 7 nitrogen and oxygen atoms in total. The molecule has 2 heterocycles. The van der Waals surface area contributed by atoms with E-state index in [0.717, 1.165) is 35.6 Å². The van der Waals surface area contributed by atoms with Crippen LogP contribution in [0.15, 0.2) is 40.7 Å². The highest BCUT2D eigenvalue weighted by atomic mass is 32.2. The molecule has 1 aromatic heterocycles. The Balaban J connectivity index is 2.01. The third kappa shape index (κ3) is 4.75. The molecule has 0 fully saturated rings. The summed E-state index contributed by atoms with van der Waals surface area (Å²) in [6.45, 7) is 8.85. The van der Waals surface area contributed by atoms with Crippen LogP contribution in [0.4, 0.5) is 5.95 Å². The molecule has 0 amide bonds. The van der Waals surface area contributed by atoms with E-state index in [2.05, 4.69) is 29.2 Å². The maximum Gasteiger partial charge on any atom is 0.338 e. The summed E-state index contributed by atoms with van der Waals surface area (Å²) in [5, 5.41) is 8.59. The summed E-state index contributed by atoms with van der Waals surface area (Å²) < 4.78 is 12.8. The number of rotatable bonds is 9. The molecule has 3 rings (SSSR count). The number of hydrogen-bond acceptors (Lipinski definition) is 7. The Morgan fingerprint density at radius 2 is 1.97 bits per heavy atom. The molecular weight excluding hydrogens is 388 g/mol. The van der Waals surface area contributed by atoms with Crippen molar-refractivity contribution in [1.29, 1.82) is 0 Å². The number of fused-ring (bicyclic) bond motifs is 1. The third-order valence-corrected chi connectivity index (χ3v) is 5.48. The molecule has 1 N–H and O–H groups in total. The molecule has 0 saturated heterocycles. The Labute approximate surface area is 175 Å². The minimum Gasteiger partial charge on any atom is -0.494 e. The maximum atomic E-state index is 12.8. The van der Waals surface area contributed by atoms with Crippen LogP contribution in [0.25, 0.3) is 0 Å². The Morgan fingerprint density at radius 3 is 2.62 bits per heavy atom. The number of carbonyl (C=O) groups excluding carboxylic acids is 1. The van der Waals surface area contributed by atoms with Gasteiger partial charge < -0.3 is 14.8 Å². The lowest BCUT2D eigenvalue weighted by molar-refractivity contribution is -0.139. The average molecular weight is 417 g/mol. The van der Waals surface area contributed by atoms with Crippen molar-refractivity contribution in [2.45, 2.75) is 51.7 Å². The minimum absolute atomic E-state index is 0.313. The second-order valence-corrected chi connectivity index (χ2v) is 7.78. The smallest absolute Gasteiger partial charge is 0.338 e. The van der Waals surface area contributed by atoms with Crippen LogP contribution < -0.4 is 10.1 Å². The first-order valence-electron chi connectivity index (χ1n) is 10.1. The van der Waals surface area contributed by atoms with Crippen molar-refractivity contribution in [2.75, 3.05) is 24.3 Å². The van der Waals surface area contributed by atoms with Gasteiger partial charge in [-0.2, -0.15) is 4.98 Å². The first kappa shape index (κ1) is 21.2. The number of allylic oxidation sites excluding steroid dienone is 1. The van der Waals surface area contributed by atoms with Gasteiger partial charge >= 0.3 is 5.97 Å². The Morgan fingerprint density at radius 1 is 1.21 bits per heavy atom. The molecule has 2 aromatic rings. The maximum absolute atomic E-state index is 12.8. The van der Waals surface area contributed by atoms with Crippen LogP contribution in [0.1, 0.15) is 52.1 Å². The molecule has 1 atom stereocenters. The fraction of sp³-hybridized carbons (Fsp3) is 0.476. The van der Waals surface area contributed by atoms with Gasteiger partial charge in [0.1, 0.15) is 11.8 Å². The molecule has 0 unspecified atom stereocenters. The van der Waals surface area contributed by atoms with Crippen LogP contribution in [-0.2, 0) is 9.53 Å². The summed E-state index contributed by atoms with van der Waals surface area (Å²) >= 11 is 1.61. The normalized spacial score (nSPS) is 15.7. The number of thioether (sulfide) groups is 1. The Bertz CT molecular complexity index is 877. The molecule has 8 heteroatoms. The summed E-state index contributed by atoms with van der Waals surface area (Å²) in [4.78, 5) is 17.4. The molecule has 29 heavy (non-hydrogen) atoms.